The number of carboxylic acid groups (broad SMARTS) is 1. The third-order valence-electron chi connectivity index (χ3n) is 6.34. The van der Waals surface area contributed by atoms with Gasteiger partial charge in [-0.3, -0.25) is 0 Å². The van der Waals surface area contributed by atoms with E-state index in [1.807, 2.05) is 30.3 Å². The third-order valence-corrected chi connectivity index (χ3v) is 7.68. The summed E-state index contributed by atoms with van der Waals surface area (Å²) in [5, 5.41) is 10.5. The van der Waals surface area contributed by atoms with Gasteiger partial charge in [-0.05, 0) is 78.6 Å². The smallest absolute Gasteiger partial charge is 0.336 e. The van der Waals surface area contributed by atoms with E-state index < -0.39 is 16.0 Å². The first-order valence-corrected chi connectivity index (χ1v) is 13.2. The van der Waals surface area contributed by atoms with Gasteiger partial charge in [0.05, 0.1) is 21.7 Å². The SMILES string of the molecule is O=C(O)c1c2c(nc3ccccc13)/C(=C\c1ccc(-c3ccc(S(=O)(=O)Nc4ncccn4)cc3)o1)CC2. The topological polar surface area (TPSA) is 135 Å². The summed E-state index contributed by atoms with van der Waals surface area (Å²) < 4.78 is 33.6. The van der Waals surface area contributed by atoms with Gasteiger partial charge in [0.1, 0.15) is 11.5 Å². The molecule has 5 aromatic rings. The van der Waals surface area contributed by atoms with Crippen molar-refractivity contribution in [3.63, 3.8) is 0 Å². The summed E-state index contributed by atoms with van der Waals surface area (Å²) in [5.41, 5.74) is 3.97. The van der Waals surface area contributed by atoms with Gasteiger partial charge in [-0.15, -0.1) is 0 Å². The lowest BCUT2D eigenvalue weighted by Crippen LogP contribution is -2.14. The maximum Gasteiger partial charge on any atom is 0.336 e. The van der Waals surface area contributed by atoms with Gasteiger partial charge in [0, 0.05) is 23.3 Å². The van der Waals surface area contributed by atoms with Crippen LogP contribution in [0.4, 0.5) is 5.95 Å². The number of hydrogen-bond donors (Lipinski definition) is 2. The van der Waals surface area contributed by atoms with Crippen LogP contribution < -0.4 is 4.72 Å². The quantitative estimate of drug-likeness (QED) is 0.307. The summed E-state index contributed by atoms with van der Waals surface area (Å²) in [6.07, 6.45) is 6.02. The van der Waals surface area contributed by atoms with Crippen LogP contribution in [0.3, 0.4) is 0 Å². The van der Waals surface area contributed by atoms with Crippen molar-refractivity contribution in [2.45, 2.75) is 17.7 Å². The fourth-order valence-electron chi connectivity index (χ4n) is 4.61. The van der Waals surface area contributed by atoms with E-state index in [1.165, 1.54) is 24.5 Å². The highest BCUT2D eigenvalue weighted by Gasteiger charge is 2.27. The largest absolute Gasteiger partial charge is 0.478 e. The first-order chi connectivity index (χ1) is 18.4. The van der Waals surface area contributed by atoms with Gasteiger partial charge in [0.2, 0.25) is 5.95 Å². The second kappa shape index (κ2) is 9.24. The van der Waals surface area contributed by atoms with Gasteiger partial charge in [0.15, 0.2) is 0 Å². The minimum Gasteiger partial charge on any atom is -0.478 e. The molecule has 0 amide bonds. The second-order valence-corrected chi connectivity index (χ2v) is 10.4. The molecule has 0 radical (unpaired) electrons. The standard InChI is InChI=1S/C28H20N4O5S/c33-27(34)25-21-4-1-2-5-23(21)31-26-18(8-12-22(25)26)16-19-9-13-24(37-19)17-6-10-20(11-7-17)38(35,36)32-28-29-14-3-15-30-28/h1-7,9-11,13-16H,8,12H2,(H,33,34)(H,29,30,32)/b18-16-. The number of furan rings is 1. The molecule has 0 atom stereocenters. The molecule has 188 valence electrons. The van der Waals surface area contributed by atoms with Crippen molar-refractivity contribution in [2.24, 2.45) is 0 Å². The van der Waals surface area contributed by atoms with E-state index in [0.717, 1.165) is 11.1 Å². The van der Waals surface area contributed by atoms with Crippen LogP contribution in [0.1, 0.15) is 33.8 Å². The Hall–Kier alpha value is -4.83. The average Bonchev–Trinajstić information content (AvgIpc) is 3.55. The molecule has 0 saturated heterocycles. The van der Waals surface area contributed by atoms with Crippen LogP contribution in [0, 0.1) is 0 Å². The van der Waals surface area contributed by atoms with E-state index in [1.54, 1.807) is 30.3 Å². The lowest BCUT2D eigenvalue weighted by molar-refractivity contribution is 0.0698. The zero-order chi connectivity index (χ0) is 26.3. The highest BCUT2D eigenvalue weighted by Crippen LogP contribution is 2.38. The average molecular weight is 525 g/mol. The third kappa shape index (κ3) is 4.31. The molecule has 10 heteroatoms. The maximum absolute atomic E-state index is 12.6. The van der Waals surface area contributed by atoms with Crippen LogP contribution >= 0.6 is 0 Å². The van der Waals surface area contributed by atoms with Crippen molar-refractivity contribution in [3.8, 4) is 11.3 Å². The number of benzene rings is 2. The zero-order valence-corrected chi connectivity index (χ0v) is 20.6. The number of allylic oxidation sites excluding steroid dienone is 1. The van der Waals surface area contributed by atoms with Gasteiger partial charge in [-0.2, -0.15) is 0 Å². The first kappa shape index (κ1) is 23.6. The molecule has 2 aromatic carbocycles. The number of carbonyl (C=O) groups is 1. The Balaban J connectivity index is 1.27. The number of rotatable bonds is 6. The molecular weight excluding hydrogens is 504 g/mol. The molecule has 1 aliphatic rings. The number of carboxylic acids is 1. The number of fused-ring (bicyclic) bond motifs is 2. The van der Waals surface area contributed by atoms with E-state index in [2.05, 4.69) is 14.7 Å². The number of hydrogen-bond acceptors (Lipinski definition) is 7. The molecule has 0 aliphatic heterocycles. The van der Waals surface area contributed by atoms with E-state index in [0.29, 0.717) is 52.1 Å². The number of nitrogens with zero attached hydrogens (tertiary/aromatic N) is 3. The van der Waals surface area contributed by atoms with E-state index >= 15 is 0 Å². The Morgan fingerprint density at radius 1 is 0.947 bits per heavy atom. The lowest BCUT2D eigenvalue weighted by Gasteiger charge is -2.09. The summed E-state index contributed by atoms with van der Waals surface area (Å²) >= 11 is 0. The van der Waals surface area contributed by atoms with Crippen molar-refractivity contribution in [1.82, 2.24) is 15.0 Å². The molecule has 38 heavy (non-hydrogen) atoms. The van der Waals surface area contributed by atoms with Crippen LogP contribution in [-0.2, 0) is 16.4 Å². The van der Waals surface area contributed by atoms with Crippen LogP contribution in [0.25, 0.3) is 33.9 Å². The number of pyridine rings is 1. The van der Waals surface area contributed by atoms with Crippen LogP contribution in [0.2, 0.25) is 0 Å². The molecule has 3 heterocycles. The van der Waals surface area contributed by atoms with E-state index in [9.17, 15) is 18.3 Å². The Labute approximate surface area is 217 Å². The monoisotopic (exact) mass is 524 g/mol. The predicted molar refractivity (Wildman–Crippen MR) is 142 cm³/mol. The summed E-state index contributed by atoms with van der Waals surface area (Å²) in [4.78, 5) is 24.7. The molecule has 0 spiro atoms. The number of nitrogens with one attached hydrogen (secondary N) is 1. The molecular formula is C28H20N4O5S. The molecule has 9 nitrogen and oxygen atoms in total. The van der Waals surface area contributed by atoms with Gasteiger partial charge in [-0.1, -0.05) is 18.2 Å². The number of anilines is 1. The Bertz CT molecular complexity index is 1830. The predicted octanol–water partition coefficient (Wildman–Crippen LogP) is 5.27. The van der Waals surface area contributed by atoms with E-state index in [4.69, 9.17) is 9.40 Å². The summed E-state index contributed by atoms with van der Waals surface area (Å²) in [7, 11) is -3.84. The summed E-state index contributed by atoms with van der Waals surface area (Å²) in [5.74, 6) is 0.190. The fourth-order valence-corrected chi connectivity index (χ4v) is 5.57. The molecule has 0 saturated carbocycles. The van der Waals surface area contributed by atoms with Gasteiger partial charge < -0.3 is 9.52 Å². The van der Waals surface area contributed by atoms with Crippen LogP contribution in [0.5, 0.6) is 0 Å². The van der Waals surface area contributed by atoms with Gasteiger partial charge in [-0.25, -0.2) is 32.9 Å². The number of para-hydroxylation sites is 1. The molecule has 1 aliphatic carbocycles. The summed E-state index contributed by atoms with van der Waals surface area (Å²) in [6, 6.07) is 18.8. The van der Waals surface area contributed by atoms with Crippen LogP contribution in [-0.4, -0.2) is 34.4 Å². The number of aromatic nitrogens is 3. The second-order valence-electron chi connectivity index (χ2n) is 8.71. The minimum absolute atomic E-state index is 0.00765. The molecule has 2 N–H and O–H groups in total. The number of aromatic carboxylic acids is 1. The fraction of sp³-hybridized carbons (Fsp3) is 0.0714. The minimum atomic E-state index is -3.84. The molecule has 3 aromatic heterocycles. The highest BCUT2D eigenvalue weighted by molar-refractivity contribution is 7.92. The molecule has 6 rings (SSSR count). The summed E-state index contributed by atoms with van der Waals surface area (Å²) in [6.45, 7) is 0. The molecule has 0 bridgehead atoms. The Morgan fingerprint density at radius 3 is 2.47 bits per heavy atom. The van der Waals surface area contributed by atoms with Crippen molar-refractivity contribution >= 4 is 44.5 Å². The normalized spacial score (nSPS) is 14.1. The van der Waals surface area contributed by atoms with Crippen molar-refractivity contribution in [2.75, 3.05) is 4.72 Å². The highest BCUT2D eigenvalue weighted by atomic mass is 32.2. The van der Waals surface area contributed by atoms with Crippen molar-refractivity contribution in [1.29, 1.82) is 0 Å². The molecule has 0 unspecified atom stereocenters. The molecule has 0 fully saturated rings. The van der Waals surface area contributed by atoms with Crippen LogP contribution in [0.15, 0.2) is 88.4 Å². The van der Waals surface area contributed by atoms with Crippen molar-refractivity contribution in [3.05, 3.63) is 102 Å². The zero-order valence-electron chi connectivity index (χ0n) is 19.8. The Morgan fingerprint density at radius 2 is 1.71 bits per heavy atom. The lowest BCUT2D eigenvalue weighted by atomic mass is 10.0. The van der Waals surface area contributed by atoms with Crippen molar-refractivity contribution < 1.29 is 22.7 Å². The van der Waals surface area contributed by atoms with Gasteiger partial charge >= 0.3 is 5.97 Å². The first-order valence-electron chi connectivity index (χ1n) is 11.7. The van der Waals surface area contributed by atoms with Gasteiger partial charge in [0.25, 0.3) is 10.0 Å². The Kier molecular flexibility index (Phi) is 5.73. The number of sulfonamides is 1. The van der Waals surface area contributed by atoms with E-state index in [-0.39, 0.29) is 10.8 Å². The maximum atomic E-state index is 12.6.